The summed E-state index contributed by atoms with van der Waals surface area (Å²) in [6.07, 6.45) is 1.07. The Morgan fingerprint density at radius 3 is 2.62 bits per heavy atom. The van der Waals surface area contributed by atoms with Crippen molar-refractivity contribution >= 4 is 29.1 Å². The van der Waals surface area contributed by atoms with Crippen LogP contribution in [0.25, 0.3) is 0 Å². The molecule has 0 spiro atoms. The Hall–Kier alpha value is -1.94. The van der Waals surface area contributed by atoms with Crippen LogP contribution < -0.4 is 4.90 Å². The first-order valence-corrected chi connectivity index (χ1v) is 9.33. The summed E-state index contributed by atoms with van der Waals surface area (Å²) in [5.74, 6) is -0.129. The SMILES string of the molecule is CCCC(=O)O[C@@H](C)c1ccc2c(c1)Sc1ccccc1N2CC. The highest BCUT2D eigenvalue weighted by Crippen LogP contribution is 2.48. The van der Waals surface area contributed by atoms with Crippen LogP contribution >= 0.6 is 11.8 Å². The Morgan fingerprint density at radius 1 is 1.12 bits per heavy atom. The Morgan fingerprint density at radius 2 is 1.88 bits per heavy atom. The van der Waals surface area contributed by atoms with Crippen LogP contribution in [0, 0.1) is 0 Å². The fourth-order valence-electron chi connectivity index (χ4n) is 2.97. The molecular formula is C20H23NO2S. The maximum absolute atomic E-state index is 11.7. The van der Waals surface area contributed by atoms with Gasteiger partial charge in [0.25, 0.3) is 0 Å². The first-order chi connectivity index (χ1) is 11.6. The van der Waals surface area contributed by atoms with Gasteiger partial charge in [0.2, 0.25) is 0 Å². The molecule has 24 heavy (non-hydrogen) atoms. The van der Waals surface area contributed by atoms with Gasteiger partial charge in [-0.1, -0.05) is 36.9 Å². The summed E-state index contributed by atoms with van der Waals surface area (Å²) in [6, 6.07) is 14.8. The summed E-state index contributed by atoms with van der Waals surface area (Å²) >= 11 is 1.78. The molecule has 126 valence electrons. The van der Waals surface area contributed by atoms with Gasteiger partial charge < -0.3 is 9.64 Å². The van der Waals surface area contributed by atoms with E-state index in [-0.39, 0.29) is 12.1 Å². The Balaban J connectivity index is 1.88. The number of ether oxygens (including phenoxy) is 1. The van der Waals surface area contributed by atoms with E-state index in [9.17, 15) is 4.79 Å². The molecule has 0 radical (unpaired) electrons. The predicted molar refractivity (Wildman–Crippen MR) is 99.1 cm³/mol. The normalized spacial score (nSPS) is 13.9. The monoisotopic (exact) mass is 341 g/mol. The van der Waals surface area contributed by atoms with E-state index >= 15 is 0 Å². The number of hydrogen-bond acceptors (Lipinski definition) is 4. The fraction of sp³-hybridized carbons (Fsp3) is 0.350. The van der Waals surface area contributed by atoms with E-state index in [1.54, 1.807) is 11.8 Å². The predicted octanol–water partition coefficient (Wildman–Crippen LogP) is 5.71. The van der Waals surface area contributed by atoms with E-state index in [4.69, 9.17) is 4.74 Å². The first kappa shape index (κ1) is 16.9. The number of carbonyl (C=O) groups is 1. The van der Waals surface area contributed by atoms with Crippen molar-refractivity contribution in [2.75, 3.05) is 11.4 Å². The van der Waals surface area contributed by atoms with Crippen LogP contribution in [0.2, 0.25) is 0 Å². The highest BCUT2D eigenvalue weighted by Gasteiger charge is 2.23. The highest BCUT2D eigenvalue weighted by atomic mass is 32.2. The van der Waals surface area contributed by atoms with Gasteiger partial charge >= 0.3 is 5.97 Å². The molecule has 0 saturated carbocycles. The second-order valence-corrected chi connectivity index (χ2v) is 7.01. The quantitative estimate of drug-likeness (QED) is 0.651. The molecule has 1 aliphatic rings. The number of hydrogen-bond donors (Lipinski definition) is 0. The van der Waals surface area contributed by atoms with Gasteiger partial charge in [-0.3, -0.25) is 4.79 Å². The van der Waals surface area contributed by atoms with Crippen LogP contribution in [0.1, 0.15) is 45.3 Å². The minimum atomic E-state index is -0.220. The van der Waals surface area contributed by atoms with Gasteiger partial charge in [0.05, 0.1) is 11.4 Å². The van der Waals surface area contributed by atoms with Crippen molar-refractivity contribution in [2.45, 2.75) is 49.5 Å². The van der Waals surface area contributed by atoms with Gasteiger partial charge in [-0.25, -0.2) is 0 Å². The molecule has 0 aromatic heterocycles. The zero-order chi connectivity index (χ0) is 17.1. The molecule has 4 heteroatoms. The molecule has 0 aliphatic carbocycles. The van der Waals surface area contributed by atoms with Gasteiger partial charge in [0.15, 0.2) is 0 Å². The van der Waals surface area contributed by atoms with Crippen molar-refractivity contribution in [3.63, 3.8) is 0 Å². The maximum atomic E-state index is 11.7. The van der Waals surface area contributed by atoms with Crippen LogP contribution in [-0.4, -0.2) is 12.5 Å². The Kier molecular flexibility index (Phi) is 5.14. The van der Waals surface area contributed by atoms with E-state index in [1.165, 1.54) is 21.2 Å². The summed E-state index contributed by atoms with van der Waals surface area (Å²) in [6.45, 7) is 7.01. The van der Waals surface area contributed by atoms with Crippen molar-refractivity contribution in [3.8, 4) is 0 Å². The van der Waals surface area contributed by atoms with E-state index in [1.807, 2.05) is 13.8 Å². The van der Waals surface area contributed by atoms with Crippen LogP contribution in [0.3, 0.4) is 0 Å². The molecule has 0 bridgehead atoms. The lowest BCUT2D eigenvalue weighted by Crippen LogP contribution is -2.20. The lowest BCUT2D eigenvalue weighted by Gasteiger charge is -2.32. The van der Waals surface area contributed by atoms with Gasteiger partial charge in [0.1, 0.15) is 6.10 Å². The van der Waals surface area contributed by atoms with Crippen LogP contribution in [0.15, 0.2) is 52.3 Å². The lowest BCUT2D eigenvalue weighted by atomic mass is 10.1. The zero-order valence-electron chi connectivity index (χ0n) is 14.4. The lowest BCUT2D eigenvalue weighted by molar-refractivity contribution is -0.148. The standard InChI is InChI=1S/C20H23NO2S/c1-4-8-20(22)23-14(3)15-11-12-17-19(13-15)24-18-10-7-6-9-16(18)21(17)5-2/h6-7,9-14H,4-5,8H2,1-3H3/t14-/m0/s1. The number of carbonyl (C=O) groups excluding carboxylic acids is 1. The summed E-state index contributed by atoms with van der Waals surface area (Å²) in [7, 11) is 0. The molecule has 3 rings (SSSR count). The van der Waals surface area contributed by atoms with Crippen molar-refractivity contribution in [1.82, 2.24) is 0 Å². The average Bonchev–Trinajstić information content (AvgIpc) is 2.59. The van der Waals surface area contributed by atoms with Crippen LogP contribution in [0.5, 0.6) is 0 Å². The zero-order valence-corrected chi connectivity index (χ0v) is 15.2. The average molecular weight is 341 g/mol. The first-order valence-electron chi connectivity index (χ1n) is 8.51. The van der Waals surface area contributed by atoms with E-state index < -0.39 is 0 Å². The third-order valence-electron chi connectivity index (χ3n) is 4.20. The Bertz CT molecular complexity index is 744. The van der Waals surface area contributed by atoms with Crippen molar-refractivity contribution in [1.29, 1.82) is 0 Å². The van der Waals surface area contributed by atoms with Gasteiger partial charge in [0, 0.05) is 22.8 Å². The third kappa shape index (κ3) is 3.29. The maximum Gasteiger partial charge on any atom is 0.306 e. The second-order valence-electron chi connectivity index (χ2n) is 5.92. The topological polar surface area (TPSA) is 29.5 Å². The number of rotatable bonds is 5. The molecule has 2 aromatic rings. The van der Waals surface area contributed by atoms with Crippen molar-refractivity contribution in [2.24, 2.45) is 0 Å². The van der Waals surface area contributed by atoms with Crippen molar-refractivity contribution < 1.29 is 9.53 Å². The smallest absolute Gasteiger partial charge is 0.306 e. The molecule has 2 aromatic carbocycles. The number of anilines is 2. The third-order valence-corrected chi connectivity index (χ3v) is 5.31. The molecule has 3 nitrogen and oxygen atoms in total. The summed E-state index contributed by atoms with van der Waals surface area (Å²) < 4.78 is 5.53. The van der Waals surface area contributed by atoms with Gasteiger partial charge in [-0.15, -0.1) is 0 Å². The van der Waals surface area contributed by atoms with E-state index in [2.05, 4.69) is 54.3 Å². The van der Waals surface area contributed by atoms with Crippen LogP contribution in [0.4, 0.5) is 11.4 Å². The molecule has 1 atom stereocenters. The molecule has 0 N–H and O–H groups in total. The number of benzene rings is 2. The summed E-state index contributed by atoms with van der Waals surface area (Å²) in [5, 5.41) is 0. The molecule has 0 fully saturated rings. The second kappa shape index (κ2) is 7.31. The molecule has 0 unspecified atom stereocenters. The number of fused-ring (bicyclic) bond motifs is 2. The van der Waals surface area contributed by atoms with Gasteiger partial charge in [-0.05, 0) is 50.1 Å². The number of para-hydroxylation sites is 1. The summed E-state index contributed by atoms with van der Waals surface area (Å²) in [4.78, 5) is 16.6. The number of esters is 1. The molecule has 1 aliphatic heterocycles. The number of nitrogens with zero attached hydrogens (tertiary/aromatic N) is 1. The van der Waals surface area contributed by atoms with E-state index in [0.717, 1.165) is 18.5 Å². The summed E-state index contributed by atoms with van der Waals surface area (Å²) in [5.41, 5.74) is 3.52. The van der Waals surface area contributed by atoms with Crippen molar-refractivity contribution in [3.05, 3.63) is 48.0 Å². The van der Waals surface area contributed by atoms with Crippen LogP contribution in [-0.2, 0) is 9.53 Å². The van der Waals surface area contributed by atoms with Gasteiger partial charge in [-0.2, -0.15) is 0 Å². The minimum absolute atomic E-state index is 0.129. The highest BCUT2D eigenvalue weighted by molar-refractivity contribution is 7.99. The molecule has 0 saturated heterocycles. The molecule has 1 heterocycles. The Labute approximate surface area is 148 Å². The minimum Gasteiger partial charge on any atom is -0.458 e. The molecular weight excluding hydrogens is 318 g/mol. The molecule has 0 amide bonds. The fourth-order valence-corrected chi connectivity index (χ4v) is 4.12. The largest absolute Gasteiger partial charge is 0.458 e. The van der Waals surface area contributed by atoms with E-state index in [0.29, 0.717) is 6.42 Å².